The van der Waals surface area contributed by atoms with E-state index in [1.807, 2.05) is 0 Å². The molecule has 0 radical (unpaired) electrons. The summed E-state index contributed by atoms with van der Waals surface area (Å²) in [6.45, 7) is 0. The Morgan fingerprint density at radius 2 is 1.76 bits per heavy atom. The van der Waals surface area contributed by atoms with Gasteiger partial charge < -0.3 is 25.7 Å². The smallest absolute Gasteiger partial charge is 0.388 e. The van der Waals surface area contributed by atoms with E-state index < -0.39 is 32.3 Å². The van der Waals surface area contributed by atoms with E-state index in [2.05, 4.69) is 9.97 Å². The van der Waals surface area contributed by atoms with Crippen molar-refractivity contribution in [1.29, 1.82) is 0 Å². The molecular weight excluding hydrogens is 416 g/mol. The van der Waals surface area contributed by atoms with Crippen LogP contribution in [-0.4, -0.2) is 54.2 Å². The molecule has 0 aliphatic carbocycles. The lowest BCUT2D eigenvalue weighted by atomic mass is 10.2. The molecule has 0 unspecified atom stereocenters. The number of aromatic amines is 2. The summed E-state index contributed by atoms with van der Waals surface area (Å²) in [7, 11) is -1.65. The molecule has 2 aromatic heterocycles. The normalized spacial score (nSPS) is 10.3. The lowest BCUT2D eigenvalue weighted by Crippen LogP contribution is -2.38. The molecule has 0 saturated heterocycles. The van der Waals surface area contributed by atoms with Crippen molar-refractivity contribution in [1.82, 2.24) is 14.1 Å². The minimum absolute atomic E-state index is 0. The van der Waals surface area contributed by atoms with Crippen LogP contribution in [0.25, 0.3) is 11.2 Å². The first kappa shape index (κ1) is 25.5. The number of carbonyl (C=O) groups is 1. The molecule has 0 spiro atoms. The van der Waals surface area contributed by atoms with Gasteiger partial charge in [-0.05, 0) is 18.2 Å². The van der Waals surface area contributed by atoms with Crippen LogP contribution in [0.5, 0.6) is 5.75 Å². The number of carboxylic acid groups (broad SMARTS) is 1. The Bertz CT molecular complexity index is 1260. The largest absolute Gasteiger partial charge is 0.744 e. The average Bonchev–Trinajstić information content (AvgIpc) is 3.07. The molecule has 0 amide bonds. The van der Waals surface area contributed by atoms with Crippen molar-refractivity contribution in [3.8, 4) is 5.75 Å². The van der Waals surface area contributed by atoms with Gasteiger partial charge in [0.05, 0.1) is 11.9 Å². The Morgan fingerprint density at radius 3 is 2.28 bits per heavy atom. The third kappa shape index (κ3) is 5.05. The molecule has 1 aromatic carbocycles. The maximum atomic E-state index is 11.5. The van der Waals surface area contributed by atoms with E-state index >= 15 is 0 Å². The Kier molecular flexibility index (Phi) is 8.00. The summed E-state index contributed by atoms with van der Waals surface area (Å²) in [5, 5.41) is 17.5. The SMILES string of the molecule is Cn1c(=O)c2[nH]c[nH+]c2n(C)c1=O.O.O.O=C(O)c1cc(S(=O)(=O)[O-])ccc1O. The maximum Gasteiger partial charge on any atom is 0.388 e. The summed E-state index contributed by atoms with van der Waals surface area (Å²) in [6.07, 6.45) is 1.52. The zero-order valence-corrected chi connectivity index (χ0v) is 15.8. The molecular formula is C14H18N4O10S. The molecule has 14 nitrogen and oxygen atoms in total. The number of aromatic carboxylic acids is 1. The molecule has 3 aromatic rings. The highest BCUT2D eigenvalue weighted by Crippen LogP contribution is 2.20. The second kappa shape index (κ2) is 9.11. The number of nitrogens with one attached hydrogen (secondary N) is 2. The van der Waals surface area contributed by atoms with Gasteiger partial charge in [0.15, 0.2) is 6.33 Å². The van der Waals surface area contributed by atoms with Crippen LogP contribution in [0.4, 0.5) is 0 Å². The van der Waals surface area contributed by atoms with Crippen LogP contribution in [0, 0.1) is 0 Å². The molecule has 160 valence electrons. The number of aromatic nitrogens is 4. The van der Waals surface area contributed by atoms with Crippen molar-refractivity contribution in [3.05, 3.63) is 50.9 Å². The predicted molar refractivity (Wildman–Crippen MR) is 95.6 cm³/mol. The van der Waals surface area contributed by atoms with Gasteiger partial charge in [-0.3, -0.25) is 9.78 Å². The van der Waals surface area contributed by atoms with Crippen LogP contribution in [-0.2, 0) is 24.2 Å². The topological polar surface area (TPSA) is 252 Å². The van der Waals surface area contributed by atoms with Gasteiger partial charge in [0, 0.05) is 7.05 Å². The first-order chi connectivity index (χ1) is 12.4. The van der Waals surface area contributed by atoms with Gasteiger partial charge in [-0.1, -0.05) is 0 Å². The molecule has 0 aliphatic rings. The van der Waals surface area contributed by atoms with Crippen LogP contribution in [0.2, 0.25) is 0 Å². The van der Waals surface area contributed by atoms with Gasteiger partial charge in [0.25, 0.3) is 5.65 Å². The fourth-order valence-electron chi connectivity index (χ4n) is 2.16. The van der Waals surface area contributed by atoms with E-state index in [4.69, 9.17) is 10.2 Å². The Hall–Kier alpha value is -3.53. The van der Waals surface area contributed by atoms with Crippen LogP contribution in [0.3, 0.4) is 0 Å². The van der Waals surface area contributed by atoms with Crippen molar-refractivity contribution in [2.45, 2.75) is 4.90 Å². The maximum absolute atomic E-state index is 11.5. The monoisotopic (exact) mass is 434 g/mol. The predicted octanol–water partition coefficient (Wildman–Crippen LogP) is -3.28. The summed E-state index contributed by atoms with van der Waals surface area (Å²) in [5.41, 5.74) is -0.368. The van der Waals surface area contributed by atoms with E-state index in [1.165, 1.54) is 17.9 Å². The summed E-state index contributed by atoms with van der Waals surface area (Å²) < 4.78 is 33.9. The van der Waals surface area contributed by atoms with E-state index in [0.717, 1.165) is 16.7 Å². The zero-order chi connectivity index (χ0) is 20.5. The third-order valence-corrected chi connectivity index (χ3v) is 4.41. The van der Waals surface area contributed by atoms with E-state index in [1.54, 1.807) is 7.05 Å². The summed E-state index contributed by atoms with van der Waals surface area (Å²) in [6, 6.07) is 2.29. The highest BCUT2D eigenvalue weighted by molar-refractivity contribution is 7.85. The number of H-pyrrole nitrogens is 2. The molecule has 29 heavy (non-hydrogen) atoms. The highest BCUT2D eigenvalue weighted by atomic mass is 32.2. The van der Waals surface area contributed by atoms with Gasteiger partial charge in [-0.25, -0.2) is 32.1 Å². The van der Waals surface area contributed by atoms with Gasteiger partial charge in [-0.2, -0.15) is 0 Å². The number of imidazole rings is 1. The van der Waals surface area contributed by atoms with E-state index in [-0.39, 0.29) is 22.2 Å². The van der Waals surface area contributed by atoms with Crippen LogP contribution < -0.4 is 16.2 Å². The summed E-state index contributed by atoms with van der Waals surface area (Å²) in [4.78, 5) is 38.1. The number of aryl methyl sites for hydroxylation is 1. The number of hydrogen-bond acceptors (Lipinski definition) is 7. The molecule has 0 aliphatic heterocycles. The second-order valence-corrected chi connectivity index (χ2v) is 6.68. The zero-order valence-electron chi connectivity index (χ0n) is 15.0. The fraction of sp³-hybridized carbons (Fsp3) is 0.143. The quantitative estimate of drug-likeness (QED) is 0.344. The number of aromatic hydroxyl groups is 1. The van der Waals surface area contributed by atoms with Crippen molar-refractivity contribution in [2.75, 3.05) is 0 Å². The first-order valence-electron chi connectivity index (χ1n) is 7.12. The molecule has 15 heteroatoms. The van der Waals surface area contributed by atoms with Crippen LogP contribution in [0.1, 0.15) is 10.4 Å². The standard InChI is InChI=1S/C7H8N4O2.C7H6O6S.2H2O/c1-10-5-4(8-3-9-5)6(12)11(2)7(10)13;8-6-2-1-4(14(11,12)13)3-5(6)7(9)10;;/h3H,1-2H3,(H,8,9);1-3,8H,(H,9,10)(H,11,12,13);2*1H2. The molecule has 0 fully saturated rings. The Labute approximate surface area is 161 Å². The molecule has 8 N–H and O–H groups in total. The fourth-order valence-corrected chi connectivity index (χ4v) is 2.66. The van der Waals surface area contributed by atoms with E-state index in [0.29, 0.717) is 17.2 Å². The Morgan fingerprint density at radius 1 is 1.17 bits per heavy atom. The highest BCUT2D eigenvalue weighted by Gasteiger charge is 2.15. The minimum atomic E-state index is -4.70. The number of nitrogens with zero attached hydrogens (tertiary/aromatic N) is 2. The molecule has 0 saturated carbocycles. The van der Waals surface area contributed by atoms with Crippen molar-refractivity contribution in [3.63, 3.8) is 0 Å². The molecule has 0 bridgehead atoms. The van der Waals surface area contributed by atoms with Crippen molar-refractivity contribution < 1.29 is 43.9 Å². The number of fused-ring (bicyclic) bond motifs is 1. The number of benzene rings is 1. The van der Waals surface area contributed by atoms with E-state index in [9.17, 15) is 27.4 Å². The number of rotatable bonds is 2. The molecule has 0 atom stereocenters. The minimum Gasteiger partial charge on any atom is -0.744 e. The number of carboxylic acids is 1. The average molecular weight is 434 g/mol. The first-order valence-corrected chi connectivity index (χ1v) is 8.53. The third-order valence-electron chi connectivity index (χ3n) is 3.58. The summed E-state index contributed by atoms with van der Waals surface area (Å²) >= 11 is 0. The van der Waals surface area contributed by atoms with Gasteiger partial charge in [0.1, 0.15) is 21.4 Å². The van der Waals surface area contributed by atoms with Gasteiger partial charge in [-0.15, -0.1) is 0 Å². The van der Waals surface area contributed by atoms with Gasteiger partial charge in [0.2, 0.25) is 5.52 Å². The van der Waals surface area contributed by atoms with Crippen molar-refractivity contribution in [2.24, 2.45) is 14.1 Å². The number of hydrogen-bond donors (Lipinski definition) is 3. The lowest BCUT2D eigenvalue weighted by Gasteiger charge is -2.08. The molecule has 3 rings (SSSR count). The van der Waals surface area contributed by atoms with Crippen LogP contribution >= 0.6 is 0 Å². The van der Waals surface area contributed by atoms with Gasteiger partial charge >= 0.3 is 17.2 Å². The molecule has 2 heterocycles. The number of phenols is 1. The lowest BCUT2D eigenvalue weighted by molar-refractivity contribution is -0.349. The second-order valence-electron chi connectivity index (χ2n) is 5.30. The Balaban J connectivity index is 0.000000506. The summed E-state index contributed by atoms with van der Waals surface area (Å²) in [5.74, 6) is -2.10. The van der Waals surface area contributed by atoms with Crippen molar-refractivity contribution >= 4 is 27.3 Å². The van der Waals surface area contributed by atoms with Crippen LogP contribution in [0.15, 0.2) is 39.0 Å².